The predicted molar refractivity (Wildman–Crippen MR) is 49.9 cm³/mol. The summed E-state index contributed by atoms with van der Waals surface area (Å²) in [5, 5.41) is 0. The Hall–Kier alpha value is -0.581. The van der Waals surface area contributed by atoms with Gasteiger partial charge in [0.2, 0.25) is 0 Å². The summed E-state index contributed by atoms with van der Waals surface area (Å²) in [5.41, 5.74) is 5.57. The molecule has 63 valence electrons. The van der Waals surface area contributed by atoms with E-state index in [-0.39, 0.29) is 0 Å². The Kier molecular flexibility index (Phi) is 3.08. The summed E-state index contributed by atoms with van der Waals surface area (Å²) >= 11 is -1.35. The van der Waals surface area contributed by atoms with Crippen LogP contribution < -0.4 is 9.44 Å². The Bertz CT molecular complexity index is 282. The van der Waals surface area contributed by atoms with Crippen LogP contribution in [0, 0.1) is 0 Å². The predicted octanol–water partition coefficient (Wildman–Crippen LogP) is 0.142. The molecule has 0 aliphatic rings. The van der Waals surface area contributed by atoms with Gasteiger partial charge < -0.3 is 0 Å². The molecule has 4 heteroatoms. The minimum absolute atomic E-state index is 0.411. The molecule has 2 N–H and O–H groups in total. The SMILES string of the molecule is [CH3][Sn]([CH3])[c]1ccc(C(N)=O)cn1. The number of hydrogen-bond acceptors (Lipinski definition) is 2. The van der Waals surface area contributed by atoms with Crippen LogP contribution in [0.15, 0.2) is 18.3 Å². The third-order valence-electron chi connectivity index (χ3n) is 1.56. The average Bonchev–Trinajstić information content (AvgIpc) is 2.04. The van der Waals surface area contributed by atoms with Crippen LogP contribution in [0.1, 0.15) is 10.4 Å². The van der Waals surface area contributed by atoms with Gasteiger partial charge in [0.1, 0.15) is 0 Å². The zero-order valence-electron chi connectivity index (χ0n) is 7.16. The summed E-state index contributed by atoms with van der Waals surface area (Å²) < 4.78 is 1.17. The molecule has 0 fully saturated rings. The second kappa shape index (κ2) is 3.89. The van der Waals surface area contributed by atoms with Gasteiger partial charge in [0.15, 0.2) is 0 Å². The van der Waals surface area contributed by atoms with Crippen molar-refractivity contribution in [3.05, 3.63) is 23.9 Å². The molecule has 1 amide bonds. The van der Waals surface area contributed by atoms with E-state index in [9.17, 15) is 4.79 Å². The van der Waals surface area contributed by atoms with Crippen LogP contribution in [0.2, 0.25) is 9.88 Å². The van der Waals surface area contributed by atoms with Crippen molar-refractivity contribution in [2.75, 3.05) is 0 Å². The fraction of sp³-hybridized carbons (Fsp3) is 0.250. The Morgan fingerprint density at radius 2 is 2.17 bits per heavy atom. The van der Waals surface area contributed by atoms with E-state index in [0.29, 0.717) is 5.56 Å². The topological polar surface area (TPSA) is 56.0 Å². The molecular formula is C8H11N2OSn. The fourth-order valence-electron chi connectivity index (χ4n) is 0.835. The van der Waals surface area contributed by atoms with Gasteiger partial charge in [-0.25, -0.2) is 0 Å². The number of carbonyl (C=O) groups excluding carboxylic acids is 1. The number of nitrogens with two attached hydrogens (primary N) is 1. The zero-order valence-corrected chi connectivity index (χ0v) is 10.0. The first kappa shape index (κ1) is 9.51. The molecule has 1 heterocycles. The molecule has 1 aromatic rings. The first-order chi connectivity index (χ1) is 5.61. The Morgan fingerprint density at radius 3 is 2.50 bits per heavy atom. The number of primary amides is 1. The summed E-state index contributed by atoms with van der Waals surface area (Å²) in [4.78, 5) is 19.4. The number of hydrogen-bond donors (Lipinski definition) is 1. The first-order valence-electron chi connectivity index (χ1n) is 3.67. The molecule has 1 radical (unpaired) electrons. The summed E-state index contributed by atoms with van der Waals surface area (Å²) in [5.74, 6) is -0.411. The molecular weight excluding hydrogens is 259 g/mol. The molecule has 0 aromatic carbocycles. The molecule has 0 unspecified atom stereocenters. The van der Waals surface area contributed by atoms with Crippen molar-refractivity contribution in [3.8, 4) is 0 Å². The van der Waals surface area contributed by atoms with Gasteiger partial charge in [-0.05, 0) is 0 Å². The van der Waals surface area contributed by atoms with E-state index in [0.717, 1.165) is 0 Å². The summed E-state index contributed by atoms with van der Waals surface area (Å²) in [6.45, 7) is 0. The molecule has 0 bridgehead atoms. The van der Waals surface area contributed by atoms with E-state index in [4.69, 9.17) is 5.73 Å². The molecule has 0 saturated carbocycles. The van der Waals surface area contributed by atoms with Gasteiger partial charge in [0.05, 0.1) is 0 Å². The summed E-state index contributed by atoms with van der Waals surface area (Å²) in [6.07, 6.45) is 1.56. The second-order valence-electron chi connectivity index (χ2n) is 2.80. The second-order valence-corrected chi connectivity index (χ2v) is 9.97. The van der Waals surface area contributed by atoms with E-state index in [1.165, 1.54) is 3.71 Å². The summed E-state index contributed by atoms with van der Waals surface area (Å²) in [7, 11) is 0. The van der Waals surface area contributed by atoms with Crippen LogP contribution in [0.5, 0.6) is 0 Å². The average molecular weight is 270 g/mol. The molecule has 0 atom stereocenters. The van der Waals surface area contributed by atoms with E-state index in [2.05, 4.69) is 14.9 Å². The van der Waals surface area contributed by atoms with E-state index in [1.54, 1.807) is 12.3 Å². The number of aromatic nitrogens is 1. The van der Waals surface area contributed by atoms with Crippen LogP contribution in [0.3, 0.4) is 0 Å². The van der Waals surface area contributed by atoms with Gasteiger partial charge in [0, 0.05) is 0 Å². The van der Waals surface area contributed by atoms with Crippen LogP contribution >= 0.6 is 0 Å². The van der Waals surface area contributed by atoms with Crippen molar-refractivity contribution < 1.29 is 4.79 Å². The zero-order chi connectivity index (χ0) is 9.14. The third kappa shape index (κ3) is 2.20. The van der Waals surface area contributed by atoms with Crippen molar-refractivity contribution in [1.29, 1.82) is 0 Å². The molecule has 0 saturated heterocycles. The quantitative estimate of drug-likeness (QED) is 0.777. The van der Waals surface area contributed by atoms with Gasteiger partial charge in [-0.15, -0.1) is 0 Å². The van der Waals surface area contributed by atoms with Gasteiger partial charge >= 0.3 is 78.7 Å². The van der Waals surface area contributed by atoms with Crippen LogP contribution in [-0.2, 0) is 0 Å². The monoisotopic (exact) mass is 271 g/mol. The number of pyridine rings is 1. The van der Waals surface area contributed by atoms with Crippen molar-refractivity contribution >= 4 is 29.4 Å². The van der Waals surface area contributed by atoms with Gasteiger partial charge in [-0.1, -0.05) is 0 Å². The minimum atomic E-state index is -1.35. The van der Waals surface area contributed by atoms with Crippen LogP contribution in [-0.4, -0.2) is 30.7 Å². The van der Waals surface area contributed by atoms with Crippen molar-refractivity contribution in [3.63, 3.8) is 0 Å². The molecule has 3 nitrogen and oxygen atoms in total. The molecule has 0 spiro atoms. The van der Waals surface area contributed by atoms with Gasteiger partial charge in [-0.3, -0.25) is 0 Å². The normalized spacial score (nSPS) is 10.2. The third-order valence-corrected chi connectivity index (χ3v) is 5.33. The van der Waals surface area contributed by atoms with E-state index >= 15 is 0 Å². The number of amides is 1. The maximum absolute atomic E-state index is 10.7. The molecule has 1 aromatic heterocycles. The van der Waals surface area contributed by atoms with Crippen LogP contribution in [0.4, 0.5) is 0 Å². The number of nitrogens with zero attached hydrogens (tertiary/aromatic N) is 1. The van der Waals surface area contributed by atoms with Gasteiger partial charge in [0.25, 0.3) is 0 Å². The van der Waals surface area contributed by atoms with Crippen molar-refractivity contribution in [1.82, 2.24) is 4.98 Å². The number of carbonyl (C=O) groups is 1. The molecule has 12 heavy (non-hydrogen) atoms. The Balaban J connectivity index is 2.93. The Labute approximate surface area is 78.7 Å². The number of rotatable bonds is 2. The standard InChI is InChI=1S/C6H5N2O.2CH3.Sn/c7-6(9)5-2-1-3-8-4-5;;;/h1-2,4H,(H2,7,9);2*1H3;. The van der Waals surface area contributed by atoms with Crippen LogP contribution in [0.25, 0.3) is 0 Å². The van der Waals surface area contributed by atoms with Crippen molar-refractivity contribution in [2.45, 2.75) is 9.88 Å². The first-order valence-corrected chi connectivity index (χ1v) is 10.8. The van der Waals surface area contributed by atoms with E-state index in [1.807, 2.05) is 6.07 Å². The molecule has 0 aliphatic carbocycles. The Morgan fingerprint density at radius 1 is 1.50 bits per heavy atom. The molecule has 0 aliphatic heterocycles. The van der Waals surface area contributed by atoms with Gasteiger partial charge in [-0.2, -0.15) is 0 Å². The molecule has 1 rings (SSSR count). The van der Waals surface area contributed by atoms with E-state index < -0.39 is 25.7 Å². The fourth-order valence-corrected chi connectivity index (χ4v) is 2.95. The maximum atomic E-state index is 10.7. The van der Waals surface area contributed by atoms with Crippen molar-refractivity contribution in [2.24, 2.45) is 5.73 Å². The summed E-state index contributed by atoms with van der Waals surface area (Å²) in [6, 6.07) is 3.66.